The highest BCUT2D eigenvalue weighted by molar-refractivity contribution is 6.30. The molecule has 4 nitrogen and oxygen atoms in total. The third kappa shape index (κ3) is 4.82. The first-order chi connectivity index (χ1) is 13.8. The zero-order valence-corrected chi connectivity index (χ0v) is 17.8. The van der Waals surface area contributed by atoms with Crippen LogP contribution in [0.5, 0.6) is 5.75 Å². The average Bonchev–Trinajstić information content (AvgIpc) is 2.68. The predicted molar refractivity (Wildman–Crippen MR) is 115 cm³/mol. The van der Waals surface area contributed by atoms with E-state index in [0.29, 0.717) is 10.8 Å². The number of ether oxygens (including phenoxy) is 2. The Labute approximate surface area is 177 Å². The first-order valence-electron chi connectivity index (χ1n) is 9.75. The molecular weight excluding hydrogens is 388 g/mol. The molecule has 0 spiro atoms. The van der Waals surface area contributed by atoms with Crippen molar-refractivity contribution in [1.29, 1.82) is 0 Å². The molecule has 0 aliphatic carbocycles. The Bertz CT molecular complexity index is 890. The average molecular weight is 415 g/mol. The molecule has 4 atom stereocenters. The van der Waals surface area contributed by atoms with Gasteiger partial charge in [0.15, 0.2) is 0 Å². The molecule has 0 saturated carbocycles. The highest BCUT2D eigenvalue weighted by atomic mass is 35.5. The summed E-state index contributed by atoms with van der Waals surface area (Å²) >= 11 is 6.05. The third-order valence-electron chi connectivity index (χ3n) is 5.69. The topological polar surface area (TPSA) is 55.8 Å². The molecule has 154 valence electrons. The van der Waals surface area contributed by atoms with Crippen LogP contribution >= 0.6 is 11.6 Å². The largest absolute Gasteiger partial charge is 0.496 e. The van der Waals surface area contributed by atoms with Crippen molar-refractivity contribution in [3.05, 3.63) is 76.3 Å². The van der Waals surface area contributed by atoms with Gasteiger partial charge in [-0.05, 0) is 55.7 Å². The minimum atomic E-state index is -0.863. The molecular formula is C24H27ClO4. The maximum Gasteiger partial charge on any atom is 0.307 e. The van der Waals surface area contributed by atoms with Crippen molar-refractivity contribution < 1.29 is 19.4 Å². The Morgan fingerprint density at radius 2 is 1.97 bits per heavy atom. The van der Waals surface area contributed by atoms with Gasteiger partial charge in [0.2, 0.25) is 0 Å². The minimum absolute atomic E-state index is 0.0235. The molecule has 2 aromatic rings. The van der Waals surface area contributed by atoms with E-state index in [-0.39, 0.29) is 30.5 Å². The highest BCUT2D eigenvalue weighted by Gasteiger charge is 2.39. The van der Waals surface area contributed by atoms with Crippen LogP contribution in [0.2, 0.25) is 5.02 Å². The SMILES string of the molecule is C=C(C)[C@H]1C[C@H](c2ccc(Cl)cc2)[C@H](C)O[C@@H]1c1cc(CC(=O)O)ccc1OC. The molecule has 2 aromatic carbocycles. The molecule has 0 bridgehead atoms. The zero-order chi connectivity index (χ0) is 21.1. The summed E-state index contributed by atoms with van der Waals surface area (Å²) in [5.74, 6) is 0.144. The van der Waals surface area contributed by atoms with Gasteiger partial charge < -0.3 is 14.6 Å². The summed E-state index contributed by atoms with van der Waals surface area (Å²) in [7, 11) is 1.62. The molecule has 1 saturated heterocycles. The van der Waals surface area contributed by atoms with Gasteiger partial charge in [-0.25, -0.2) is 0 Å². The number of methoxy groups -OCH3 is 1. The van der Waals surface area contributed by atoms with Crippen LogP contribution in [0.25, 0.3) is 0 Å². The number of aliphatic carboxylic acids is 1. The van der Waals surface area contributed by atoms with Crippen LogP contribution in [0.3, 0.4) is 0 Å². The van der Waals surface area contributed by atoms with Crippen LogP contribution in [-0.2, 0) is 16.0 Å². The van der Waals surface area contributed by atoms with Crippen LogP contribution in [-0.4, -0.2) is 24.3 Å². The number of benzene rings is 2. The van der Waals surface area contributed by atoms with Gasteiger partial charge in [0.1, 0.15) is 5.75 Å². The van der Waals surface area contributed by atoms with Gasteiger partial charge in [0, 0.05) is 22.4 Å². The fourth-order valence-electron chi connectivity index (χ4n) is 4.17. The van der Waals surface area contributed by atoms with E-state index in [2.05, 4.69) is 25.6 Å². The maximum atomic E-state index is 11.2. The van der Waals surface area contributed by atoms with E-state index in [1.807, 2.05) is 31.2 Å². The molecule has 0 unspecified atom stereocenters. The molecule has 1 N–H and O–H groups in total. The molecule has 1 aliphatic heterocycles. The number of rotatable bonds is 6. The maximum absolute atomic E-state index is 11.2. The monoisotopic (exact) mass is 414 g/mol. The Kier molecular flexibility index (Phi) is 6.66. The smallest absolute Gasteiger partial charge is 0.307 e. The molecule has 29 heavy (non-hydrogen) atoms. The Balaban J connectivity index is 1.96. The van der Waals surface area contributed by atoms with E-state index in [4.69, 9.17) is 21.1 Å². The molecule has 1 fully saturated rings. The Morgan fingerprint density at radius 3 is 2.55 bits per heavy atom. The quantitative estimate of drug-likeness (QED) is 0.606. The number of hydrogen-bond acceptors (Lipinski definition) is 3. The number of hydrogen-bond donors (Lipinski definition) is 1. The van der Waals surface area contributed by atoms with E-state index in [1.54, 1.807) is 13.2 Å². The van der Waals surface area contributed by atoms with Crippen LogP contribution in [0.1, 0.15) is 49.0 Å². The van der Waals surface area contributed by atoms with E-state index in [0.717, 1.165) is 23.1 Å². The Hall–Kier alpha value is -2.30. The van der Waals surface area contributed by atoms with E-state index < -0.39 is 5.97 Å². The molecule has 1 aliphatic rings. The van der Waals surface area contributed by atoms with Crippen molar-refractivity contribution in [2.45, 2.75) is 44.8 Å². The zero-order valence-electron chi connectivity index (χ0n) is 17.0. The molecule has 1 heterocycles. The summed E-state index contributed by atoms with van der Waals surface area (Å²) in [6, 6.07) is 13.4. The fraction of sp³-hybridized carbons (Fsp3) is 0.375. The van der Waals surface area contributed by atoms with Crippen molar-refractivity contribution in [3.8, 4) is 5.75 Å². The molecule has 0 radical (unpaired) electrons. The van der Waals surface area contributed by atoms with Gasteiger partial charge in [0.25, 0.3) is 0 Å². The second-order valence-corrected chi connectivity index (χ2v) is 8.19. The summed E-state index contributed by atoms with van der Waals surface area (Å²) in [5, 5.41) is 9.89. The van der Waals surface area contributed by atoms with Gasteiger partial charge >= 0.3 is 5.97 Å². The van der Waals surface area contributed by atoms with E-state index >= 15 is 0 Å². The van der Waals surface area contributed by atoms with Crippen molar-refractivity contribution in [3.63, 3.8) is 0 Å². The highest BCUT2D eigenvalue weighted by Crippen LogP contribution is 2.48. The first kappa shape index (κ1) is 21.4. The normalized spacial score (nSPS) is 24.1. The summed E-state index contributed by atoms with van der Waals surface area (Å²) in [6.45, 7) is 8.31. The molecule has 0 amide bonds. The Morgan fingerprint density at radius 1 is 1.28 bits per heavy atom. The van der Waals surface area contributed by atoms with Gasteiger partial charge in [-0.1, -0.05) is 42.0 Å². The van der Waals surface area contributed by atoms with E-state index in [9.17, 15) is 9.90 Å². The van der Waals surface area contributed by atoms with Gasteiger partial charge in [0.05, 0.1) is 25.7 Å². The van der Waals surface area contributed by atoms with Crippen LogP contribution < -0.4 is 4.74 Å². The standard InChI is InChI=1S/C24H27ClO4/c1-14(2)19-13-20(17-6-8-18(25)9-7-17)15(3)29-24(19)21-11-16(12-23(26)27)5-10-22(21)28-4/h5-11,15,19-20,24H,1,12-13H2,2-4H3,(H,26,27)/t15-,19+,20-,24-/m0/s1. The van der Waals surface area contributed by atoms with Crippen molar-refractivity contribution in [1.82, 2.24) is 0 Å². The third-order valence-corrected chi connectivity index (χ3v) is 5.94. The van der Waals surface area contributed by atoms with Crippen LogP contribution in [0.4, 0.5) is 0 Å². The molecule has 3 rings (SSSR count). The first-order valence-corrected chi connectivity index (χ1v) is 10.1. The predicted octanol–water partition coefficient (Wildman–Crippen LogP) is 5.80. The van der Waals surface area contributed by atoms with Crippen molar-refractivity contribution in [2.75, 3.05) is 7.11 Å². The van der Waals surface area contributed by atoms with Gasteiger partial charge in [-0.2, -0.15) is 0 Å². The lowest BCUT2D eigenvalue weighted by Crippen LogP contribution is -2.34. The number of carboxylic acids is 1. The number of carbonyl (C=O) groups is 1. The fourth-order valence-corrected chi connectivity index (χ4v) is 4.29. The number of carboxylic acid groups (broad SMARTS) is 1. The van der Waals surface area contributed by atoms with Crippen LogP contribution in [0.15, 0.2) is 54.6 Å². The number of halogens is 1. The minimum Gasteiger partial charge on any atom is -0.496 e. The van der Waals surface area contributed by atoms with Gasteiger partial charge in [-0.3, -0.25) is 4.79 Å². The molecule has 0 aromatic heterocycles. The summed E-state index contributed by atoms with van der Waals surface area (Å²) < 4.78 is 12.1. The van der Waals surface area contributed by atoms with Crippen molar-refractivity contribution in [2.24, 2.45) is 5.92 Å². The van der Waals surface area contributed by atoms with Gasteiger partial charge in [-0.15, -0.1) is 0 Å². The second kappa shape index (κ2) is 9.02. The lowest BCUT2D eigenvalue weighted by atomic mass is 9.75. The second-order valence-electron chi connectivity index (χ2n) is 7.76. The summed E-state index contributed by atoms with van der Waals surface area (Å²) in [5.41, 5.74) is 3.83. The lowest BCUT2D eigenvalue weighted by molar-refractivity contribution is -0.136. The van der Waals surface area contributed by atoms with Crippen molar-refractivity contribution >= 4 is 17.6 Å². The summed E-state index contributed by atoms with van der Waals surface area (Å²) in [6.07, 6.45) is 0.582. The molecule has 5 heteroatoms. The lowest BCUT2D eigenvalue weighted by Gasteiger charge is -2.42. The summed E-state index contributed by atoms with van der Waals surface area (Å²) in [4.78, 5) is 11.2. The van der Waals surface area contributed by atoms with E-state index in [1.165, 1.54) is 5.56 Å². The van der Waals surface area contributed by atoms with Crippen LogP contribution in [0, 0.1) is 5.92 Å².